The molecule has 1 heterocycles. The molecule has 2 rings (SSSR count). The zero-order chi connectivity index (χ0) is 10.2. The molecule has 0 fully saturated rings. The van der Waals surface area contributed by atoms with E-state index in [9.17, 15) is 0 Å². The molecule has 3 heteroatoms. The van der Waals surface area contributed by atoms with Crippen molar-refractivity contribution >= 4 is 11.4 Å². The van der Waals surface area contributed by atoms with E-state index in [1.54, 1.807) is 24.5 Å². The maximum atomic E-state index is 5.39. The summed E-state index contributed by atoms with van der Waals surface area (Å²) < 4.78 is 0. The number of anilines is 2. The Morgan fingerprint density at radius 2 is 1.21 bits per heavy atom. The molecule has 0 radical (unpaired) electrons. The van der Waals surface area contributed by atoms with Crippen LogP contribution >= 0.6 is 0 Å². The van der Waals surface area contributed by atoms with Crippen LogP contribution in [0.3, 0.4) is 0 Å². The molecule has 0 aliphatic heterocycles. The standard InChI is InChI=1S/C6H8N2.C5H5N/c7-5-3-1-2-4-6(5)8;1-2-4-6-5-3-1/h1-4H,7-8H2;1-5H. The largest absolute Gasteiger partial charge is 0.397 e. The maximum Gasteiger partial charge on any atom is 0.0547 e. The predicted octanol–water partition coefficient (Wildman–Crippen LogP) is 1.93. The van der Waals surface area contributed by atoms with Crippen LogP contribution < -0.4 is 11.5 Å². The molecule has 0 aliphatic carbocycles. The van der Waals surface area contributed by atoms with E-state index in [0.29, 0.717) is 11.4 Å². The number of pyridine rings is 1. The first-order chi connectivity index (χ1) is 6.80. The van der Waals surface area contributed by atoms with E-state index >= 15 is 0 Å². The van der Waals surface area contributed by atoms with Crippen molar-refractivity contribution < 1.29 is 0 Å². The van der Waals surface area contributed by atoms with Gasteiger partial charge in [-0.25, -0.2) is 0 Å². The Morgan fingerprint density at radius 3 is 1.43 bits per heavy atom. The van der Waals surface area contributed by atoms with Gasteiger partial charge in [-0.3, -0.25) is 4.98 Å². The SMILES string of the molecule is Nc1ccccc1N.c1ccncc1. The number of hydrogen-bond acceptors (Lipinski definition) is 3. The molecule has 1 aromatic carbocycles. The maximum absolute atomic E-state index is 5.39. The van der Waals surface area contributed by atoms with E-state index < -0.39 is 0 Å². The fourth-order valence-corrected chi connectivity index (χ4v) is 0.823. The van der Waals surface area contributed by atoms with Gasteiger partial charge in [-0.05, 0) is 24.3 Å². The van der Waals surface area contributed by atoms with Crippen molar-refractivity contribution in [3.05, 3.63) is 54.9 Å². The zero-order valence-corrected chi connectivity index (χ0v) is 7.80. The second-order valence-electron chi connectivity index (χ2n) is 2.65. The number of aromatic nitrogens is 1. The van der Waals surface area contributed by atoms with Crippen molar-refractivity contribution in [2.75, 3.05) is 11.5 Å². The van der Waals surface area contributed by atoms with Crippen LogP contribution in [0.2, 0.25) is 0 Å². The molecule has 0 saturated heterocycles. The second-order valence-corrected chi connectivity index (χ2v) is 2.65. The number of rotatable bonds is 0. The van der Waals surface area contributed by atoms with Crippen LogP contribution in [-0.4, -0.2) is 4.98 Å². The van der Waals surface area contributed by atoms with E-state index in [1.807, 2.05) is 30.3 Å². The Morgan fingerprint density at radius 1 is 0.714 bits per heavy atom. The van der Waals surface area contributed by atoms with Gasteiger partial charge in [0.05, 0.1) is 11.4 Å². The lowest BCUT2D eigenvalue weighted by Gasteiger charge is -1.94. The van der Waals surface area contributed by atoms with Crippen LogP contribution in [-0.2, 0) is 0 Å². The molecule has 0 aliphatic rings. The Balaban J connectivity index is 0.000000146. The van der Waals surface area contributed by atoms with Crippen molar-refractivity contribution in [3.63, 3.8) is 0 Å². The summed E-state index contributed by atoms with van der Waals surface area (Å²) in [5, 5.41) is 0. The van der Waals surface area contributed by atoms with Gasteiger partial charge in [-0.1, -0.05) is 18.2 Å². The molecule has 0 atom stereocenters. The van der Waals surface area contributed by atoms with Gasteiger partial charge in [0.1, 0.15) is 0 Å². The highest BCUT2D eigenvalue weighted by atomic mass is 14.7. The van der Waals surface area contributed by atoms with Crippen LogP contribution in [0.15, 0.2) is 54.9 Å². The van der Waals surface area contributed by atoms with Gasteiger partial charge in [0.2, 0.25) is 0 Å². The fraction of sp³-hybridized carbons (Fsp3) is 0. The smallest absolute Gasteiger partial charge is 0.0547 e. The number of hydrogen-bond donors (Lipinski definition) is 2. The third-order valence-corrected chi connectivity index (χ3v) is 1.56. The highest BCUT2D eigenvalue weighted by Crippen LogP contribution is 2.10. The van der Waals surface area contributed by atoms with Crippen LogP contribution in [0.25, 0.3) is 0 Å². The summed E-state index contributed by atoms with van der Waals surface area (Å²) >= 11 is 0. The lowest BCUT2D eigenvalue weighted by atomic mass is 10.3. The normalized spacial score (nSPS) is 8.57. The zero-order valence-electron chi connectivity index (χ0n) is 7.80. The quantitative estimate of drug-likeness (QED) is 0.619. The van der Waals surface area contributed by atoms with Gasteiger partial charge >= 0.3 is 0 Å². The third-order valence-electron chi connectivity index (χ3n) is 1.56. The van der Waals surface area contributed by atoms with Gasteiger partial charge in [0, 0.05) is 12.4 Å². The average Bonchev–Trinajstić information content (AvgIpc) is 2.26. The molecule has 3 nitrogen and oxygen atoms in total. The van der Waals surface area contributed by atoms with E-state index in [-0.39, 0.29) is 0 Å². The summed E-state index contributed by atoms with van der Waals surface area (Å²) in [5.41, 5.74) is 12.1. The number of nitrogen functional groups attached to an aromatic ring is 2. The molecule has 0 bridgehead atoms. The summed E-state index contributed by atoms with van der Waals surface area (Å²) in [6.45, 7) is 0. The van der Waals surface area contributed by atoms with Gasteiger partial charge in [0.25, 0.3) is 0 Å². The lowest BCUT2D eigenvalue weighted by molar-refractivity contribution is 1.33. The Bertz CT molecular complexity index is 312. The number of nitrogens with two attached hydrogens (primary N) is 2. The molecule has 2 aromatic rings. The molecule has 1 aromatic heterocycles. The van der Waals surface area contributed by atoms with Crippen LogP contribution in [0.1, 0.15) is 0 Å². The van der Waals surface area contributed by atoms with E-state index in [0.717, 1.165) is 0 Å². The molecule has 0 unspecified atom stereocenters. The second kappa shape index (κ2) is 5.59. The van der Waals surface area contributed by atoms with Gasteiger partial charge in [0.15, 0.2) is 0 Å². The molecule has 0 amide bonds. The van der Waals surface area contributed by atoms with Crippen molar-refractivity contribution in [3.8, 4) is 0 Å². The Kier molecular flexibility index (Phi) is 4.01. The van der Waals surface area contributed by atoms with Gasteiger partial charge < -0.3 is 11.5 Å². The van der Waals surface area contributed by atoms with Crippen molar-refractivity contribution in [1.29, 1.82) is 0 Å². The molecule has 0 spiro atoms. The fourth-order valence-electron chi connectivity index (χ4n) is 0.823. The van der Waals surface area contributed by atoms with Crippen LogP contribution in [0.5, 0.6) is 0 Å². The summed E-state index contributed by atoms with van der Waals surface area (Å²) in [7, 11) is 0. The minimum Gasteiger partial charge on any atom is -0.397 e. The summed E-state index contributed by atoms with van der Waals surface area (Å²) in [6.07, 6.45) is 3.50. The minimum absolute atomic E-state index is 0.646. The molecule has 72 valence electrons. The van der Waals surface area contributed by atoms with Gasteiger partial charge in [-0.15, -0.1) is 0 Å². The van der Waals surface area contributed by atoms with Crippen LogP contribution in [0, 0.1) is 0 Å². The monoisotopic (exact) mass is 187 g/mol. The van der Waals surface area contributed by atoms with Crippen molar-refractivity contribution in [2.45, 2.75) is 0 Å². The molecule has 0 saturated carbocycles. The molecular weight excluding hydrogens is 174 g/mol. The molecule has 14 heavy (non-hydrogen) atoms. The Labute approximate surface area is 83.4 Å². The minimum atomic E-state index is 0.646. The first-order valence-electron chi connectivity index (χ1n) is 4.25. The molecular formula is C11H13N3. The highest BCUT2D eigenvalue weighted by molar-refractivity contribution is 5.62. The van der Waals surface area contributed by atoms with E-state index in [1.165, 1.54) is 0 Å². The number of benzene rings is 1. The van der Waals surface area contributed by atoms with Gasteiger partial charge in [-0.2, -0.15) is 0 Å². The first-order valence-corrected chi connectivity index (χ1v) is 4.25. The van der Waals surface area contributed by atoms with E-state index in [2.05, 4.69) is 4.98 Å². The van der Waals surface area contributed by atoms with E-state index in [4.69, 9.17) is 11.5 Å². The lowest BCUT2D eigenvalue weighted by Crippen LogP contribution is -1.91. The average molecular weight is 187 g/mol. The summed E-state index contributed by atoms with van der Waals surface area (Å²) in [6, 6.07) is 13.0. The Hall–Kier alpha value is -2.03. The van der Waals surface area contributed by atoms with Crippen molar-refractivity contribution in [1.82, 2.24) is 4.98 Å². The van der Waals surface area contributed by atoms with Crippen molar-refractivity contribution in [2.24, 2.45) is 0 Å². The topological polar surface area (TPSA) is 64.9 Å². The number of para-hydroxylation sites is 2. The van der Waals surface area contributed by atoms with Crippen LogP contribution in [0.4, 0.5) is 11.4 Å². The first kappa shape index (κ1) is 10.1. The molecule has 4 N–H and O–H groups in total. The number of nitrogens with zero attached hydrogens (tertiary/aromatic N) is 1. The predicted molar refractivity (Wildman–Crippen MR) is 59.5 cm³/mol. The summed E-state index contributed by atoms with van der Waals surface area (Å²) in [4.78, 5) is 3.78. The summed E-state index contributed by atoms with van der Waals surface area (Å²) in [5.74, 6) is 0. The third kappa shape index (κ3) is 3.58. The highest BCUT2D eigenvalue weighted by Gasteiger charge is 1.85.